The predicted octanol–water partition coefficient (Wildman–Crippen LogP) is 4.33. The largest absolute Gasteiger partial charge is 0.206 e. The highest BCUT2D eigenvalue weighted by Gasteiger charge is 2.09. The summed E-state index contributed by atoms with van der Waals surface area (Å²) >= 11 is 6.12. The van der Waals surface area contributed by atoms with Crippen molar-refractivity contribution in [3.63, 3.8) is 0 Å². The van der Waals surface area contributed by atoms with Gasteiger partial charge in [0.05, 0.1) is 5.56 Å². The average Bonchev–Trinajstić information content (AvgIpc) is 2.31. The Bertz CT molecular complexity index is 594. The van der Waals surface area contributed by atoms with Crippen LogP contribution in [0.3, 0.4) is 0 Å². The molecule has 0 fully saturated rings. The normalized spacial score (nSPS) is 10.0. The van der Waals surface area contributed by atoms with Crippen LogP contribution in [0.25, 0.3) is 11.1 Å². The third kappa shape index (κ3) is 2.15. The molecular weight excluding hydrogens is 237 g/mol. The highest BCUT2D eigenvalue weighted by Crippen LogP contribution is 2.31. The molecule has 0 spiro atoms. The van der Waals surface area contributed by atoms with Crippen molar-refractivity contribution < 1.29 is 4.39 Å². The van der Waals surface area contributed by atoms with Crippen molar-refractivity contribution in [3.8, 4) is 17.2 Å². The minimum Gasteiger partial charge on any atom is -0.206 e. The van der Waals surface area contributed by atoms with Crippen LogP contribution in [0, 0.1) is 24.1 Å². The topological polar surface area (TPSA) is 23.8 Å². The van der Waals surface area contributed by atoms with Crippen molar-refractivity contribution >= 4 is 11.6 Å². The highest BCUT2D eigenvalue weighted by atomic mass is 35.5. The van der Waals surface area contributed by atoms with Crippen molar-refractivity contribution in [2.75, 3.05) is 0 Å². The molecule has 0 aromatic heterocycles. The van der Waals surface area contributed by atoms with Gasteiger partial charge >= 0.3 is 0 Å². The molecule has 0 aliphatic rings. The maximum atomic E-state index is 13.2. The van der Waals surface area contributed by atoms with E-state index in [1.807, 2.05) is 25.1 Å². The van der Waals surface area contributed by atoms with Crippen molar-refractivity contribution in [1.82, 2.24) is 0 Å². The number of nitriles is 1. The minimum atomic E-state index is -0.513. The van der Waals surface area contributed by atoms with Gasteiger partial charge in [-0.15, -0.1) is 0 Å². The zero-order valence-corrected chi connectivity index (χ0v) is 9.92. The Kier molecular flexibility index (Phi) is 3.12. The van der Waals surface area contributed by atoms with Crippen LogP contribution in [0.1, 0.15) is 11.1 Å². The molecule has 0 saturated heterocycles. The van der Waals surface area contributed by atoms with Gasteiger partial charge in [0.25, 0.3) is 0 Å². The molecule has 0 atom stereocenters. The molecule has 2 rings (SSSR count). The van der Waals surface area contributed by atoms with Crippen LogP contribution >= 0.6 is 11.6 Å². The summed E-state index contributed by atoms with van der Waals surface area (Å²) in [5.74, 6) is -0.513. The van der Waals surface area contributed by atoms with Gasteiger partial charge in [-0.25, -0.2) is 4.39 Å². The van der Waals surface area contributed by atoms with E-state index in [4.69, 9.17) is 16.9 Å². The Morgan fingerprint density at radius 2 is 2.00 bits per heavy atom. The van der Waals surface area contributed by atoms with Gasteiger partial charge in [-0.1, -0.05) is 29.8 Å². The lowest BCUT2D eigenvalue weighted by atomic mass is 9.99. The van der Waals surface area contributed by atoms with E-state index in [-0.39, 0.29) is 5.56 Å². The van der Waals surface area contributed by atoms with E-state index in [0.29, 0.717) is 5.02 Å². The van der Waals surface area contributed by atoms with Crippen LogP contribution in [-0.4, -0.2) is 0 Å². The molecule has 0 N–H and O–H groups in total. The van der Waals surface area contributed by atoms with E-state index in [2.05, 4.69) is 0 Å². The monoisotopic (exact) mass is 245 g/mol. The van der Waals surface area contributed by atoms with Crippen LogP contribution in [0.2, 0.25) is 5.02 Å². The Morgan fingerprint density at radius 3 is 2.65 bits per heavy atom. The molecule has 84 valence electrons. The fraction of sp³-hybridized carbons (Fsp3) is 0.0714. The lowest BCUT2D eigenvalue weighted by molar-refractivity contribution is 0.624. The Balaban J connectivity index is 2.66. The Labute approximate surface area is 104 Å². The second-order valence-electron chi connectivity index (χ2n) is 3.74. The second-order valence-corrected chi connectivity index (χ2v) is 4.15. The molecule has 0 heterocycles. The number of hydrogen-bond acceptors (Lipinski definition) is 1. The molecule has 3 heteroatoms. The number of halogens is 2. The average molecular weight is 246 g/mol. The summed E-state index contributed by atoms with van der Waals surface area (Å²) < 4.78 is 13.2. The maximum absolute atomic E-state index is 13.2. The molecule has 0 aliphatic heterocycles. The number of nitrogens with zero attached hydrogens (tertiary/aromatic N) is 1. The lowest BCUT2D eigenvalue weighted by Crippen LogP contribution is -1.88. The van der Waals surface area contributed by atoms with Crippen molar-refractivity contribution in [2.24, 2.45) is 0 Å². The number of hydrogen-bond donors (Lipinski definition) is 0. The summed E-state index contributed by atoms with van der Waals surface area (Å²) in [6.45, 7) is 1.93. The van der Waals surface area contributed by atoms with E-state index in [1.165, 1.54) is 12.1 Å². The van der Waals surface area contributed by atoms with Gasteiger partial charge in [0.2, 0.25) is 0 Å². The molecule has 0 aliphatic carbocycles. The summed E-state index contributed by atoms with van der Waals surface area (Å²) in [6, 6.07) is 11.8. The first-order valence-corrected chi connectivity index (χ1v) is 5.46. The smallest absolute Gasteiger partial charge is 0.140 e. The summed E-state index contributed by atoms with van der Waals surface area (Å²) in [7, 11) is 0. The van der Waals surface area contributed by atoms with Crippen LogP contribution in [0.15, 0.2) is 36.4 Å². The molecule has 0 unspecified atom stereocenters. The standard InChI is InChI=1S/C14H9ClFN/c1-9-3-2-4-12(15)14(9)10-5-6-13(16)11(7-10)8-17/h2-7H,1H3. The molecule has 0 amide bonds. The van der Waals surface area contributed by atoms with Crippen LogP contribution < -0.4 is 0 Å². The number of aryl methyl sites for hydroxylation is 1. The SMILES string of the molecule is Cc1cccc(Cl)c1-c1ccc(F)c(C#N)c1. The second kappa shape index (κ2) is 4.57. The third-order valence-electron chi connectivity index (χ3n) is 2.60. The van der Waals surface area contributed by atoms with Crippen LogP contribution in [-0.2, 0) is 0 Å². The van der Waals surface area contributed by atoms with Gasteiger partial charge < -0.3 is 0 Å². The minimum absolute atomic E-state index is 0.0295. The maximum Gasteiger partial charge on any atom is 0.140 e. The molecule has 2 aromatic rings. The van der Waals surface area contributed by atoms with Crippen LogP contribution in [0.5, 0.6) is 0 Å². The highest BCUT2D eigenvalue weighted by molar-refractivity contribution is 6.33. The lowest BCUT2D eigenvalue weighted by Gasteiger charge is -2.08. The van der Waals surface area contributed by atoms with Gasteiger partial charge in [0.15, 0.2) is 0 Å². The molecule has 2 aromatic carbocycles. The first-order chi connectivity index (χ1) is 8.13. The third-order valence-corrected chi connectivity index (χ3v) is 2.91. The quantitative estimate of drug-likeness (QED) is 0.734. The fourth-order valence-electron chi connectivity index (χ4n) is 1.76. The van der Waals surface area contributed by atoms with Crippen molar-refractivity contribution in [2.45, 2.75) is 6.92 Å². The Morgan fingerprint density at radius 1 is 1.24 bits per heavy atom. The number of benzene rings is 2. The number of rotatable bonds is 1. The summed E-state index contributed by atoms with van der Waals surface area (Å²) in [5, 5.41) is 9.40. The summed E-state index contributed by atoms with van der Waals surface area (Å²) in [5.41, 5.74) is 2.62. The Hall–Kier alpha value is -1.85. The van der Waals surface area contributed by atoms with E-state index in [1.54, 1.807) is 12.1 Å². The van der Waals surface area contributed by atoms with Gasteiger partial charge in [-0.2, -0.15) is 5.26 Å². The van der Waals surface area contributed by atoms with E-state index in [0.717, 1.165) is 16.7 Å². The molecule has 0 radical (unpaired) electrons. The zero-order chi connectivity index (χ0) is 12.4. The zero-order valence-electron chi connectivity index (χ0n) is 9.17. The van der Waals surface area contributed by atoms with E-state index >= 15 is 0 Å². The predicted molar refractivity (Wildman–Crippen MR) is 66.3 cm³/mol. The molecular formula is C14H9ClFN. The van der Waals surface area contributed by atoms with Crippen molar-refractivity contribution in [3.05, 3.63) is 58.4 Å². The summed E-state index contributed by atoms with van der Waals surface area (Å²) in [4.78, 5) is 0. The fourth-order valence-corrected chi connectivity index (χ4v) is 2.09. The van der Waals surface area contributed by atoms with Crippen LogP contribution in [0.4, 0.5) is 4.39 Å². The summed E-state index contributed by atoms with van der Waals surface area (Å²) in [6.07, 6.45) is 0. The molecule has 17 heavy (non-hydrogen) atoms. The molecule has 1 nitrogen and oxygen atoms in total. The van der Waals surface area contributed by atoms with E-state index in [9.17, 15) is 4.39 Å². The van der Waals surface area contributed by atoms with Gasteiger partial charge in [0.1, 0.15) is 11.9 Å². The van der Waals surface area contributed by atoms with Gasteiger partial charge in [0, 0.05) is 10.6 Å². The van der Waals surface area contributed by atoms with Gasteiger partial charge in [-0.05, 0) is 36.2 Å². The first kappa shape index (κ1) is 11.6. The molecule has 0 saturated carbocycles. The first-order valence-electron chi connectivity index (χ1n) is 5.08. The van der Waals surface area contributed by atoms with Gasteiger partial charge in [-0.3, -0.25) is 0 Å². The van der Waals surface area contributed by atoms with Crippen molar-refractivity contribution in [1.29, 1.82) is 5.26 Å². The molecule has 0 bridgehead atoms. The van der Waals surface area contributed by atoms with E-state index < -0.39 is 5.82 Å².